The zero-order chi connectivity index (χ0) is 15.2. The average Bonchev–Trinajstić information content (AvgIpc) is 3.12. The van der Waals surface area contributed by atoms with Crippen LogP contribution < -0.4 is 10.2 Å². The third kappa shape index (κ3) is 1.64. The number of anilines is 2. The molecule has 0 saturated carbocycles. The Balaban J connectivity index is 1.74. The summed E-state index contributed by atoms with van der Waals surface area (Å²) in [4.78, 5) is 18.7. The third-order valence-electron chi connectivity index (χ3n) is 4.65. The predicted octanol–water partition coefficient (Wildman–Crippen LogP) is 2.05. The van der Waals surface area contributed by atoms with Gasteiger partial charge in [0.1, 0.15) is 6.07 Å². The number of carbonyl (C=O) groups excluding carboxylic acids is 1. The van der Waals surface area contributed by atoms with Gasteiger partial charge in [-0.1, -0.05) is 18.2 Å². The van der Waals surface area contributed by atoms with Crippen molar-refractivity contribution in [1.29, 1.82) is 5.26 Å². The van der Waals surface area contributed by atoms with Crippen LogP contribution in [0.25, 0.3) is 0 Å². The zero-order valence-corrected chi connectivity index (χ0v) is 11.9. The molecule has 1 aromatic heterocycles. The lowest BCUT2D eigenvalue weighted by Crippen LogP contribution is -2.37. The highest BCUT2D eigenvalue weighted by Crippen LogP contribution is 2.45. The molecule has 5 heteroatoms. The van der Waals surface area contributed by atoms with Gasteiger partial charge in [0.25, 0.3) is 0 Å². The molecule has 22 heavy (non-hydrogen) atoms. The second kappa shape index (κ2) is 4.57. The van der Waals surface area contributed by atoms with Crippen LogP contribution in [-0.2, 0) is 10.2 Å². The fourth-order valence-corrected chi connectivity index (χ4v) is 3.54. The Morgan fingerprint density at radius 2 is 2.18 bits per heavy atom. The summed E-state index contributed by atoms with van der Waals surface area (Å²) >= 11 is 0. The van der Waals surface area contributed by atoms with Crippen LogP contribution >= 0.6 is 0 Å². The van der Waals surface area contributed by atoms with Gasteiger partial charge in [-0.05, 0) is 24.1 Å². The summed E-state index contributed by atoms with van der Waals surface area (Å²) in [7, 11) is 0. The van der Waals surface area contributed by atoms with E-state index in [1.165, 1.54) is 0 Å². The number of hydrogen-bond donors (Lipinski definition) is 1. The molecular weight excluding hydrogens is 276 g/mol. The number of pyridine rings is 1. The Labute approximate surface area is 128 Å². The average molecular weight is 290 g/mol. The molecule has 0 radical (unpaired) electrons. The number of nitrogens with zero attached hydrogens (tertiary/aromatic N) is 3. The van der Waals surface area contributed by atoms with Crippen LogP contribution in [0.5, 0.6) is 0 Å². The fourth-order valence-electron chi connectivity index (χ4n) is 3.54. The van der Waals surface area contributed by atoms with Crippen molar-refractivity contribution in [2.45, 2.75) is 11.8 Å². The molecule has 4 rings (SSSR count). The molecule has 108 valence electrons. The van der Waals surface area contributed by atoms with Crippen LogP contribution in [0.1, 0.15) is 17.5 Å². The van der Waals surface area contributed by atoms with Gasteiger partial charge in [0, 0.05) is 31.2 Å². The first kappa shape index (κ1) is 12.8. The Kier molecular flexibility index (Phi) is 2.67. The van der Waals surface area contributed by atoms with Crippen LogP contribution in [-0.4, -0.2) is 24.0 Å². The van der Waals surface area contributed by atoms with Crippen molar-refractivity contribution in [1.82, 2.24) is 4.98 Å². The SMILES string of the molecule is N#Cc1cnccc1N1CCC2(C1)C(=O)Nc1ccccc12. The number of benzene rings is 1. The highest BCUT2D eigenvalue weighted by Gasteiger charge is 2.51. The van der Waals surface area contributed by atoms with Gasteiger partial charge in [0.15, 0.2) is 0 Å². The van der Waals surface area contributed by atoms with E-state index in [2.05, 4.69) is 21.3 Å². The predicted molar refractivity (Wildman–Crippen MR) is 82.5 cm³/mol. The monoisotopic (exact) mass is 290 g/mol. The molecule has 1 fully saturated rings. The topological polar surface area (TPSA) is 69.0 Å². The maximum absolute atomic E-state index is 12.6. The molecule has 2 aliphatic rings. The molecule has 5 nitrogen and oxygen atoms in total. The molecule has 1 N–H and O–H groups in total. The molecule has 1 spiro atoms. The van der Waals surface area contributed by atoms with E-state index in [-0.39, 0.29) is 5.91 Å². The number of nitrogens with one attached hydrogen (secondary N) is 1. The lowest BCUT2D eigenvalue weighted by molar-refractivity contribution is -0.120. The number of nitriles is 1. The molecule has 3 heterocycles. The minimum Gasteiger partial charge on any atom is -0.369 e. The van der Waals surface area contributed by atoms with Gasteiger partial charge in [-0.3, -0.25) is 9.78 Å². The van der Waals surface area contributed by atoms with Crippen LogP contribution in [0.3, 0.4) is 0 Å². The smallest absolute Gasteiger partial charge is 0.236 e. The van der Waals surface area contributed by atoms with Gasteiger partial charge in [-0.25, -0.2) is 0 Å². The lowest BCUT2D eigenvalue weighted by atomic mass is 9.81. The highest BCUT2D eigenvalue weighted by molar-refractivity contribution is 6.07. The molecule has 0 bridgehead atoms. The third-order valence-corrected chi connectivity index (χ3v) is 4.65. The molecule has 1 amide bonds. The van der Waals surface area contributed by atoms with E-state index in [9.17, 15) is 10.1 Å². The first-order chi connectivity index (χ1) is 10.7. The van der Waals surface area contributed by atoms with E-state index in [0.717, 1.165) is 29.9 Å². The van der Waals surface area contributed by atoms with Crippen molar-refractivity contribution >= 4 is 17.3 Å². The van der Waals surface area contributed by atoms with Crippen molar-refractivity contribution in [3.8, 4) is 6.07 Å². The molecule has 2 aromatic rings. The standard InChI is InChI=1S/C17H14N4O/c18-9-12-10-19-7-5-15(12)21-8-6-17(11-21)13-3-1-2-4-14(13)20-16(17)22/h1-5,7,10H,6,8,11H2,(H,20,22). The number of carbonyl (C=O) groups is 1. The Morgan fingerprint density at radius 1 is 1.32 bits per heavy atom. The molecule has 2 aliphatic heterocycles. The number of amides is 1. The maximum atomic E-state index is 12.6. The second-order valence-electron chi connectivity index (χ2n) is 5.76. The summed E-state index contributed by atoms with van der Waals surface area (Å²) in [5, 5.41) is 12.2. The van der Waals surface area contributed by atoms with Gasteiger partial charge in [-0.2, -0.15) is 5.26 Å². The molecule has 1 aromatic carbocycles. The molecular formula is C17H14N4O. The molecule has 0 aliphatic carbocycles. The summed E-state index contributed by atoms with van der Waals surface area (Å²) in [6, 6.07) is 11.9. The van der Waals surface area contributed by atoms with Gasteiger partial charge < -0.3 is 10.2 Å². The highest BCUT2D eigenvalue weighted by atomic mass is 16.2. The first-order valence-electron chi connectivity index (χ1n) is 7.25. The van der Waals surface area contributed by atoms with Gasteiger partial charge in [0.05, 0.1) is 16.7 Å². The van der Waals surface area contributed by atoms with Crippen LogP contribution in [0.4, 0.5) is 11.4 Å². The fraction of sp³-hybridized carbons (Fsp3) is 0.235. The largest absolute Gasteiger partial charge is 0.369 e. The van der Waals surface area contributed by atoms with Crippen molar-refractivity contribution in [3.05, 3.63) is 53.9 Å². The van der Waals surface area contributed by atoms with Crippen molar-refractivity contribution in [2.24, 2.45) is 0 Å². The summed E-state index contributed by atoms with van der Waals surface area (Å²) in [6.45, 7) is 1.34. The zero-order valence-electron chi connectivity index (χ0n) is 11.9. The molecule has 1 unspecified atom stereocenters. The van der Waals surface area contributed by atoms with Gasteiger partial charge in [0.2, 0.25) is 5.91 Å². The first-order valence-corrected chi connectivity index (χ1v) is 7.25. The Morgan fingerprint density at radius 3 is 3.05 bits per heavy atom. The van der Waals surface area contributed by atoms with Gasteiger partial charge >= 0.3 is 0 Å². The van der Waals surface area contributed by atoms with E-state index in [1.54, 1.807) is 12.4 Å². The second-order valence-corrected chi connectivity index (χ2v) is 5.76. The summed E-state index contributed by atoms with van der Waals surface area (Å²) in [5.41, 5.74) is 2.87. The minimum absolute atomic E-state index is 0.0590. The number of rotatable bonds is 1. The quantitative estimate of drug-likeness (QED) is 0.872. The molecule has 1 saturated heterocycles. The van der Waals surface area contributed by atoms with Crippen molar-refractivity contribution in [2.75, 3.05) is 23.3 Å². The van der Waals surface area contributed by atoms with Crippen molar-refractivity contribution in [3.63, 3.8) is 0 Å². The number of para-hydroxylation sites is 1. The van der Waals surface area contributed by atoms with E-state index in [1.807, 2.05) is 30.3 Å². The van der Waals surface area contributed by atoms with Crippen LogP contribution in [0.15, 0.2) is 42.7 Å². The maximum Gasteiger partial charge on any atom is 0.236 e. The summed E-state index contributed by atoms with van der Waals surface area (Å²) in [5.74, 6) is 0.0590. The summed E-state index contributed by atoms with van der Waals surface area (Å²) < 4.78 is 0. The van der Waals surface area contributed by atoms with E-state index in [4.69, 9.17) is 0 Å². The number of fused-ring (bicyclic) bond motifs is 2. The van der Waals surface area contributed by atoms with E-state index < -0.39 is 5.41 Å². The lowest BCUT2D eigenvalue weighted by Gasteiger charge is -2.24. The normalized spacial score (nSPS) is 22.5. The van der Waals surface area contributed by atoms with Gasteiger partial charge in [-0.15, -0.1) is 0 Å². The number of aromatic nitrogens is 1. The Bertz CT molecular complexity index is 810. The molecule has 1 atom stereocenters. The summed E-state index contributed by atoms with van der Waals surface area (Å²) in [6.07, 6.45) is 4.01. The Hall–Kier alpha value is -2.87. The van der Waals surface area contributed by atoms with Crippen molar-refractivity contribution < 1.29 is 4.79 Å². The van der Waals surface area contributed by atoms with E-state index >= 15 is 0 Å². The minimum atomic E-state index is -0.507. The van der Waals surface area contributed by atoms with E-state index in [0.29, 0.717) is 12.1 Å². The van der Waals surface area contributed by atoms with Crippen LogP contribution in [0, 0.1) is 11.3 Å². The van der Waals surface area contributed by atoms with Crippen LogP contribution in [0.2, 0.25) is 0 Å². The number of hydrogen-bond acceptors (Lipinski definition) is 4.